The molecule has 2 rings (SSSR count). The molecule has 0 aliphatic carbocycles. The molecule has 1 aromatic rings. The second-order valence-corrected chi connectivity index (χ2v) is 7.48. The number of amides is 2. The zero-order valence-corrected chi connectivity index (χ0v) is 17.3. The maximum absolute atomic E-state index is 12.2. The highest BCUT2D eigenvalue weighted by Gasteiger charge is 2.34. The molecular formula is C21H29NO7. The van der Waals surface area contributed by atoms with Gasteiger partial charge in [0.1, 0.15) is 5.60 Å². The summed E-state index contributed by atoms with van der Waals surface area (Å²) in [5.74, 6) is -0.854. The number of hydrogen-bond acceptors (Lipinski definition) is 7. The molecule has 2 amide bonds. The molecule has 8 nitrogen and oxygen atoms in total. The summed E-state index contributed by atoms with van der Waals surface area (Å²) in [6, 6.07) is 6.78. The van der Waals surface area contributed by atoms with Crippen LogP contribution in [0.1, 0.15) is 47.9 Å². The Kier molecular flexibility index (Phi) is 8.75. The largest absolute Gasteiger partial charge is 0.460 e. The van der Waals surface area contributed by atoms with Crippen LogP contribution in [0.3, 0.4) is 0 Å². The monoisotopic (exact) mass is 407 g/mol. The van der Waals surface area contributed by atoms with Crippen LogP contribution in [0.15, 0.2) is 24.3 Å². The molecule has 1 aliphatic heterocycles. The number of carbonyl (C=O) groups is 3. The molecule has 0 saturated heterocycles. The molecule has 0 unspecified atom stereocenters. The van der Waals surface area contributed by atoms with E-state index in [0.717, 1.165) is 0 Å². The zero-order chi connectivity index (χ0) is 21.3. The van der Waals surface area contributed by atoms with Crippen molar-refractivity contribution in [1.82, 2.24) is 4.90 Å². The summed E-state index contributed by atoms with van der Waals surface area (Å²) in [6.07, 6.45) is 0.207. The lowest BCUT2D eigenvalue weighted by Gasteiger charge is -2.19. The summed E-state index contributed by atoms with van der Waals surface area (Å²) >= 11 is 0. The van der Waals surface area contributed by atoms with E-state index in [9.17, 15) is 14.4 Å². The van der Waals surface area contributed by atoms with E-state index in [1.54, 1.807) is 24.3 Å². The van der Waals surface area contributed by atoms with Crippen molar-refractivity contribution in [2.45, 2.75) is 32.8 Å². The molecule has 160 valence electrons. The number of rotatable bonds is 12. The fourth-order valence-electron chi connectivity index (χ4n) is 2.69. The van der Waals surface area contributed by atoms with Gasteiger partial charge in [0.15, 0.2) is 0 Å². The molecule has 0 spiro atoms. The first-order valence-electron chi connectivity index (χ1n) is 9.70. The molecule has 0 bridgehead atoms. The molecule has 29 heavy (non-hydrogen) atoms. The van der Waals surface area contributed by atoms with Gasteiger partial charge in [-0.2, -0.15) is 0 Å². The zero-order valence-electron chi connectivity index (χ0n) is 17.3. The fourth-order valence-corrected chi connectivity index (χ4v) is 2.69. The number of ether oxygens (including phenoxy) is 4. The number of nitrogens with zero attached hydrogens (tertiary/aromatic N) is 1. The van der Waals surface area contributed by atoms with Crippen LogP contribution in [0.2, 0.25) is 0 Å². The van der Waals surface area contributed by atoms with Gasteiger partial charge in [-0.25, -0.2) is 0 Å². The Labute approximate surface area is 171 Å². The summed E-state index contributed by atoms with van der Waals surface area (Å²) in [6.45, 7) is 7.69. The third-order valence-corrected chi connectivity index (χ3v) is 3.95. The van der Waals surface area contributed by atoms with Crippen LogP contribution >= 0.6 is 0 Å². The van der Waals surface area contributed by atoms with Gasteiger partial charge in [-0.05, 0) is 32.9 Å². The van der Waals surface area contributed by atoms with Crippen molar-refractivity contribution >= 4 is 17.8 Å². The molecule has 0 atom stereocenters. The van der Waals surface area contributed by atoms with Crippen molar-refractivity contribution in [3.8, 4) is 0 Å². The van der Waals surface area contributed by atoms with Gasteiger partial charge < -0.3 is 18.9 Å². The minimum absolute atomic E-state index is 0.207. The summed E-state index contributed by atoms with van der Waals surface area (Å²) in [5, 5.41) is 0. The molecule has 0 radical (unpaired) electrons. The lowest BCUT2D eigenvalue weighted by Crippen LogP contribution is -2.33. The maximum atomic E-state index is 12.2. The van der Waals surface area contributed by atoms with E-state index in [2.05, 4.69) is 0 Å². The summed E-state index contributed by atoms with van der Waals surface area (Å²) in [5.41, 5.74) is 0.388. The summed E-state index contributed by atoms with van der Waals surface area (Å²) in [7, 11) is 0. The Bertz CT molecular complexity index is 676. The predicted octanol–water partition coefficient (Wildman–Crippen LogP) is 2.06. The predicted molar refractivity (Wildman–Crippen MR) is 105 cm³/mol. The number of imide groups is 1. The Balaban J connectivity index is 1.45. The van der Waals surface area contributed by atoms with Crippen molar-refractivity contribution in [1.29, 1.82) is 0 Å². The molecule has 0 N–H and O–H groups in total. The summed E-state index contributed by atoms with van der Waals surface area (Å²) < 4.78 is 21.3. The van der Waals surface area contributed by atoms with Crippen LogP contribution in [0.5, 0.6) is 0 Å². The topological polar surface area (TPSA) is 91.4 Å². The highest BCUT2D eigenvalue weighted by atomic mass is 16.6. The molecule has 1 heterocycles. The molecule has 1 aromatic carbocycles. The number of benzene rings is 1. The van der Waals surface area contributed by atoms with Crippen molar-refractivity contribution in [2.75, 3.05) is 46.2 Å². The number of carbonyl (C=O) groups excluding carboxylic acids is 3. The van der Waals surface area contributed by atoms with Gasteiger partial charge in [-0.3, -0.25) is 19.3 Å². The van der Waals surface area contributed by atoms with E-state index in [4.69, 9.17) is 18.9 Å². The summed E-state index contributed by atoms with van der Waals surface area (Å²) in [4.78, 5) is 37.1. The smallest absolute Gasteiger partial charge is 0.308 e. The minimum atomic E-state index is -0.487. The molecule has 0 saturated carbocycles. The molecule has 1 aliphatic rings. The van der Waals surface area contributed by atoms with Crippen LogP contribution in [-0.4, -0.2) is 74.5 Å². The Morgan fingerprint density at radius 3 is 1.83 bits per heavy atom. The first kappa shape index (κ1) is 23.0. The fraction of sp³-hybridized carbons (Fsp3) is 0.571. The van der Waals surface area contributed by atoms with Gasteiger partial charge in [0.2, 0.25) is 0 Å². The number of fused-ring (bicyclic) bond motifs is 1. The van der Waals surface area contributed by atoms with Gasteiger partial charge in [-0.15, -0.1) is 0 Å². The van der Waals surface area contributed by atoms with Gasteiger partial charge in [-0.1, -0.05) is 12.1 Å². The minimum Gasteiger partial charge on any atom is -0.460 e. The van der Waals surface area contributed by atoms with Crippen molar-refractivity contribution < 1.29 is 33.3 Å². The highest BCUT2D eigenvalue weighted by molar-refractivity contribution is 6.21. The number of esters is 1. The van der Waals surface area contributed by atoms with Crippen LogP contribution in [0.4, 0.5) is 0 Å². The van der Waals surface area contributed by atoms with Crippen LogP contribution in [0.25, 0.3) is 0 Å². The standard InChI is InChI=1S/C21H29NO7/c1-21(2,3)29-18(23)8-10-26-12-14-28-15-13-27-11-9-22-19(24)16-6-4-5-7-17(16)20(22)25/h4-7H,8-15H2,1-3H3. The van der Waals surface area contributed by atoms with Crippen molar-refractivity contribution in [3.05, 3.63) is 35.4 Å². The van der Waals surface area contributed by atoms with Crippen LogP contribution in [-0.2, 0) is 23.7 Å². The molecule has 0 fully saturated rings. The van der Waals surface area contributed by atoms with Gasteiger partial charge >= 0.3 is 5.97 Å². The maximum Gasteiger partial charge on any atom is 0.308 e. The van der Waals surface area contributed by atoms with Gasteiger partial charge in [0.25, 0.3) is 11.8 Å². The quantitative estimate of drug-likeness (QED) is 0.298. The van der Waals surface area contributed by atoms with Crippen molar-refractivity contribution in [3.63, 3.8) is 0 Å². The Hall–Kier alpha value is -2.29. The van der Waals surface area contributed by atoms with E-state index in [-0.39, 0.29) is 44.0 Å². The Morgan fingerprint density at radius 2 is 1.31 bits per heavy atom. The van der Waals surface area contributed by atoms with E-state index < -0.39 is 5.60 Å². The first-order valence-corrected chi connectivity index (χ1v) is 9.70. The van der Waals surface area contributed by atoms with E-state index >= 15 is 0 Å². The molecular weight excluding hydrogens is 378 g/mol. The average Bonchev–Trinajstić information content (AvgIpc) is 2.89. The van der Waals surface area contributed by atoms with Crippen LogP contribution < -0.4 is 0 Å². The third-order valence-electron chi connectivity index (χ3n) is 3.95. The molecule has 8 heteroatoms. The van der Waals surface area contributed by atoms with Gasteiger partial charge in [0.05, 0.1) is 63.7 Å². The Morgan fingerprint density at radius 1 is 0.828 bits per heavy atom. The lowest BCUT2D eigenvalue weighted by atomic mass is 10.1. The second kappa shape index (κ2) is 11.0. The third kappa shape index (κ3) is 7.56. The van der Waals surface area contributed by atoms with Gasteiger partial charge in [0, 0.05) is 0 Å². The molecule has 0 aromatic heterocycles. The average molecular weight is 407 g/mol. The van der Waals surface area contributed by atoms with E-state index in [1.165, 1.54) is 4.90 Å². The lowest BCUT2D eigenvalue weighted by molar-refractivity contribution is -0.156. The van der Waals surface area contributed by atoms with Crippen LogP contribution in [0, 0.1) is 0 Å². The van der Waals surface area contributed by atoms with E-state index in [0.29, 0.717) is 37.6 Å². The highest BCUT2D eigenvalue weighted by Crippen LogP contribution is 2.21. The number of hydrogen-bond donors (Lipinski definition) is 0. The normalized spacial score (nSPS) is 13.7. The SMILES string of the molecule is CC(C)(C)OC(=O)CCOCCOCCOCCN1C(=O)c2ccccc2C1=O. The first-order chi connectivity index (χ1) is 13.8. The van der Waals surface area contributed by atoms with E-state index in [1.807, 2.05) is 20.8 Å². The second-order valence-electron chi connectivity index (χ2n) is 7.48. The van der Waals surface area contributed by atoms with Crippen molar-refractivity contribution in [2.24, 2.45) is 0 Å².